The van der Waals surface area contributed by atoms with E-state index in [2.05, 4.69) is 10.1 Å². The smallest absolute Gasteiger partial charge is 0.316 e. The van der Waals surface area contributed by atoms with E-state index in [9.17, 15) is 17.6 Å². The molecule has 1 saturated heterocycles. The normalized spacial score (nSPS) is 14.4. The summed E-state index contributed by atoms with van der Waals surface area (Å²) in [4.78, 5) is 20.4. The zero-order chi connectivity index (χ0) is 23.4. The lowest BCUT2D eigenvalue weighted by atomic mass is 10.2. The Kier molecular flexibility index (Phi) is 6.59. The second kappa shape index (κ2) is 9.57. The molecule has 11 heteroatoms. The van der Waals surface area contributed by atoms with Crippen molar-refractivity contribution in [2.75, 3.05) is 43.9 Å². The van der Waals surface area contributed by atoms with Crippen LogP contribution >= 0.6 is 0 Å². The highest BCUT2D eigenvalue weighted by molar-refractivity contribution is 7.91. The van der Waals surface area contributed by atoms with Gasteiger partial charge in [0.25, 0.3) is 0 Å². The zero-order valence-electron chi connectivity index (χ0n) is 18.0. The third-order valence-corrected chi connectivity index (χ3v) is 7.16. The van der Waals surface area contributed by atoms with E-state index in [1.165, 1.54) is 25.3 Å². The quantitative estimate of drug-likeness (QED) is 0.513. The van der Waals surface area contributed by atoms with E-state index in [0.29, 0.717) is 37.6 Å². The van der Waals surface area contributed by atoms with Crippen LogP contribution < -0.4 is 9.64 Å². The van der Waals surface area contributed by atoms with Crippen molar-refractivity contribution in [3.8, 4) is 5.75 Å². The Balaban J connectivity index is 1.33. The van der Waals surface area contributed by atoms with Crippen LogP contribution in [0, 0.1) is 5.82 Å². The fraction of sp³-hybridized carbons (Fsp3) is 0.318. The zero-order valence-corrected chi connectivity index (χ0v) is 18.8. The van der Waals surface area contributed by atoms with Crippen molar-refractivity contribution in [1.29, 1.82) is 0 Å². The van der Waals surface area contributed by atoms with Crippen molar-refractivity contribution in [1.82, 2.24) is 15.0 Å². The Morgan fingerprint density at radius 2 is 1.79 bits per heavy atom. The number of amides is 1. The van der Waals surface area contributed by atoms with Crippen molar-refractivity contribution in [2.45, 2.75) is 11.3 Å². The molecule has 4 rings (SSSR count). The van der Waals surface area contributed by atoms with E-state index < -0.39 is 15.7 Å². The van der Waals surface area contributed by atoms with Crippen molar-refractivity contribution >= 4 is 21.4 Å². The SMILES string of the molecule is COc1ccc(S(=O)(=O)CCc2noc(C(=O)N3CCN(c4ccccc4F)CC3)n2)cc1. The lowest BCUT2D eigenvalue weighted by molar-refractivity contribution is 0.0696. The molecule has 3 aromatic rings. The minimum Gasteiger partial charge on any atom is -0.497 e. The fourth-order valence-electron chi connectivity index (χ4n) is 3.56. The summed E-state index contributed by atoms with van der Waals surface area (Å²) >= 11 is 0. The van der Waals surface area contributed by atoms with Gasteiger partial charge in [0.1, 0.15) is 11.6 Å². The summed E-state index contributed by atoms with van der Waals surface area (Å²) < 4.78 is 49.2. The summed E-state index contributed by atoms with van der Waals surface area (Å²) in [5.74, 6) is -0.451. The number of para-hydroxylation sites is 1. The van der Waals surface area contributed by atoms with Crippen molar-refractivity contribution < 1.29 is 26.9 Å². The number of hydrogen-bond acceptors (Lipinski definition) is 8. The minimum absolute atomic E-state index is 0.00616. The number of nitrogens with zero attached hydrogens (tertiary/aromatic N) is 4. The number of benzene rings is 2. The van der Waals surface area contributed by atoms with Gasteiger partial charge in [0.2, 0.25) is 0 Å². The van der Waals surface area contributed by atoms with Crippen LogP contribution in [0.2, 0.25) is 0 Å². The number of rotatable bonds is 7. The van der Waals surface area contributed by atoms with Gasteiger partial charge in [0, 0.05) is 32.6 Å². The standard InChI is InChI=1S/C22H23FN4O5S/c1-31-16-6-8-17(9-7-16)33(29,30)15-10-20-24-21(32-25-20)22(28)27-13-11-26(12-14-27)19-5-3-2-4-18(19)23/h2-9H,10-15H2,1H3. The van der Waals surface area contributed by atoms with E-state index in [-0.39, 0.29) is 34.6 Å². The first-order chi connectivity index (χ1) is 15.9. The molecule has 0 spiro atoms. The fourth-order valence-corrected chi connectivity index (χ4v) is 4.80. The van der Waals surface area contributed by atoms with Crippen molar-refractivity contribution in [2.24, 2.45) is 0 Å². The molecule has 0 radical (unpaired) electrons. The lowest BCUT2D eigenvalue weighted by Crippen LogP contribution is -2.49. The molecular formula is C22H23FN4O5S. The maximum absolute atomic E-state index is 14.0. The number of sulfone groups is 1. The van der Waals surface area contributed by atoms with Crippen LogP contribution in [0.1, 0.15) is 16.5 Å². The Hall–Kier alpha value is -3.47. The molecule has 0 bridgehead atoms. The number of carbonyl (C=O) groups excluding carboxylic acids is 1. The third kappa shape index (κ3) is 5.14. The number of carbonyl (C=O) groups is 1. The number of halogens is 1. The number of piperazine rings is 1. The molecule has 0 atom stereocenters. The van der Waals surface area contributed by atoms with Gasteiger partial charge in [-0.25, -0.2) is 12.8 Å². The predicted molar refractivity (Wildman–Crippen MR) is 118 cm³/mol. The van der Waals surface area contributed by atoms with Crippen LogP contribution in [0.15, 0.2) is 57.9 Å². The topological polar surface area (TPSA) is 106 Å². The van der Waals surface area contributed by atoms with Gasteiger partial charge in [-0.05, 0) is 36.4 Å². The van der Waals surface area contributed by atoms with Gasteiger partial charge in [-0.3, -0.25) is 4.79 Å². The van der Waals surface area contributed by atoms with Gasteiger partial charge in [0.15, 0.2) is 15.7 Å². The minimum atomic E-state index is -3.56. The number of ether oxygens (including phenoxy) is 1. The number of hydrogen-bond donors (Lipinski definition) is 0. The molecule has 1 fully saturated rings. The van der Waals surface area contributed by atoms with E-state index in [1.807, 2.05) is 4.90 Å². The van der Waals surface area contributed by atoms with Crippen molar-refractivity contribution in [3.05, 3.63) is 66.1 Å². The molecule has 0 aliphatic carbocycles. The Morgan fingerprint density at radius 3 is 2.45 bits per heavy atom. The van der Waals surface area contributed by atoms with Gasteiger partial charge < -0.3 is 19.1 Å². The van der Waals surface area contributed by atoms with E-state index in [1.54, 1.807) is 35.2 Å². The van der Waals surface area contributed by atoms with Crippen LogP contribution in [0.25, 0.3) is 0 Å². The summed E-state index contributed by atoms with van der Waals surface area (Å²) in [6, 6.07) is 12.6. The first-order valence-corrected chi connectivity index (χ1v) is 12.0. The molecule has 1 aliphatic rings. The Morgan fingerprint density at radius 1 is 1.09 bits per heavy atom. The van der Waals surface area contributed by atoms with Gasteiger partial charge in [-0.15, -0.1) is 0 Å². The molecule has 9 nitrogen and oxygen atoms in total. The molecule has 0 saturated carbocycles. The second-order valence-electron chi connectivity index (χ2n) is 7.49. The highest BCUT2D eigenvalue weighted by Crippen LogP contribution is 2.21. The van der Waals surface area contributed by atoms with Crippen molar-refractivity contribution in [3.63, 3.8) is 0 Å². The van der Waals surface area contributed by atoms with Crippen LogP contribution in [-0.4, -0.2) is 68.4 Å². The molecule has 2 aromatic carbocycles. The number of methoxy groups -OCH3 is 1. The third-order valence-electron chi connectivity index (χ3n) is 5.42. The molecular weight excluding hydrogens is 451 g/mol. The molecule has 33 heavy (non-hydrogen) atoms. The average molecular weight is 475 g/mol. The number of aryl methyl sites for hydroxylation is 1. The summed E-state index contributed by atoms with van der Waals surface area (Å²) in [5.41, 5.74) is 0.503. The molecule has 2 heterocycles. The maximum Gasteiger partial charge on any atom is 0.316 e. The highest BCUT2D eigenvalue weighted by atomic mass is 32.2. The first-order valence-electron chi connectivity index (χ1n) is 10.4. The Bertz CT molecular complexity index is 1220. The Labute approximate surface area is 190 Å². The summed E-state index contributed by atoms with van der Waals surface area (Å²) in [7, 11) is -2.06. The molecule has 1 amide bonds. The summed E-state index contributed by atoms with van der Waals surface area (Å²) in [6.45, 7) is 1.68. The lowest BCUT2D eigenvalue weighted by Gasteiger charge is -2.35. The van der Waals surface area contributed by atoms with Gasteiger partial charge in [-0.2, -0.15) is 4.98 Å². The number of aromatic nitrogens is 2. The molecule has 174 valence electrons. The average Bonchev–Trinajstić information content (AvgIpc) is 3.32. The van der Waals surface area contributed by atoms with Gasteiger partial charge >= 0.3 is 11.8 Å². The van der Waals surface area contributed by atoms with Crippen LogP contribution in [0.4, 0.5) is 10.1 Å². The van der Waals surface area contributed by atoms with Crippen LogP contribution in [0.3, 0.4) is 0 Å². The maximum atomic E-state index is 14.0. The first kappa shape index (κ1) is 22.7. The van der Waals surface area contributed by atoms with E-state index >= 15 is 0 Å². The molecule has 1 aliphatic heterocycles. The van der Waals surface area contributed by atoms with E-state index in [4.69, 9.17) is 9.26 Å². The predicted octanol–water partition coefficient (Wildman–Crippen LogP) is 2.20. The van der Waals surface area contributed by atoms with Gasteiger partial charge in [0.05, 0.1) is 23.4 Å². The monoisotopic (exact) mass is 474 g/mol. The highest BCUT2D eigenvalue weighted by Gasteiger charge is 2.27. The molecule has 0 N–H and O–H groups in total. The molecule has 1 aromatic heterocycles. The van der Waals surface area contributed by atoms with Crippen LogP contribution in [-0.2, 0) is 16.3 Å². The second-order valence-corrected chi connectivity index (χ2v) is 9.60. The number of anilines is 1. The summed E-state index contributed by atoms with van der Waals surface area (Å²) in [5, 5.41) is 3.75. The largest absolute Gasteiger partial charge is 0.497 e. The van der Waals surface area contributed by atoms with Crippen LogP contribution in [0.5, 0.6) is 5.75 Å². The molecule has 0 unspecified atom stereocenters. The summed E-state index contributed by atoms with van der Waals surface area (Å²) in [6.07, 6.45) is 0.00616. The van der Waals surface area contributed by atoms with Gasteiger partial charge in [-0.1, -0.05) is 17.3 Å². The van der Waals surface area contributed by atoms with E-state index in [0.717, 1.165) is 0 Å².